The second-order valence-electron chi connectivity index (χ2n) is 8.23. The summed E-state index contributed by atoms with van der Waals surface area (Å²) in [6.45, 7) is 3.23. The van der Waals surface area contributed by atoms with Gasteiger partial charge in [-0.2, -0.15) is 5.10 Å². The first-order valence-electron chi connectivity index (χ1n) is 11.0. The van der Waals surface area contributed by atoms with Gasteiger partial charge in [-0.1, -0.05) is 48.5 Å². The maximum atomic E-state index is 13.3. The molecule has 2 heterocycles. The zero-order valence-electron chi connectivity index (χ0n) is 18.2. The summed E-state index contributed by atoms with van der Waals surface area (Å²) in [7, 11) is 1.66. The topological polar surface area (TPSA) is 54.4 Å². The standard InChI is InChI=1S/C26H27N3O3/c1-31-23-10-8-20(9-11-23)25-17-24(22-7-6-19-4-2-3-5-21(19)16-22)27-29(25)26(30)18-28-12-14-32-15-13-28/h2-11,16,25H,12-15,17-18H2,1H3. The number of methoxy groups -OCH3 is 1. The summed E-state index contributed by atoms with van der Waals surface area (Å²) in [5.74, 6) is 0.817. The van der Waals surface area contributed by atoms with E-state index >= 15 is 0 Å². The smallest absolute Gasteiger partial charge is 0.257 e. The third-order valence-corrected chi connectivity index (χ3v) is 6.21. The molecule has 0 radical (unpaired) electrons. The fourth-order valence-corrected chi connectivity index (χ4v) is 4.39. The van der Waals surface area contributed by atoms with Crippen LogP contribution in [0.2, 0.25) is 0 Å². The fraction of sp³-hybridized carbons (Fsp3) is 0.308. The number of ether oxygens (including phenoxy) is 2. The summed E-state index contributed by atoms with van der Waals surface area (Å²) < 4.78 is 10.7. The van der Waals surface area contributed by atoms with E-state index in [1.54, 1.807) is 12.1 Å². The van der Waals surface area contributed by atoms with E-state index in [4.69, 9.17) is 14.6 Å². The molecule has 6 nitrogen and oxygen atoms in total. The summed E-state index contributed by atoms with van der Waals surface area (Å²) in [5, 5.41) is 8.89. The molecule has 0 aromatic heterocycles. The Morgan fingerprint density at radius 1 is 1.03 bits per heavy atom. The Morgan fingerprint density at radius 3 is 2.53 bits per heavy atom. The highest BCUT2D eigenvalue weighted by atomic mass is 16.5. The molecule has 2 aliphatic rings. The van der Waals surface area contributed by atoms with Crippen LogP contribution >= 0.6 is 0 Å². The molecule has 3 aromatic carbocycles. The van der Waals surface area contributed by atoms with Gasteiger partial charge in [0.25, 0.3) is 5.91 Å². The first-order valence-corrected chi connectivity index (χ1v) is 11.0. The van der Waals surface area contributed by atoms with Crippen molar-refractivity contribution in [3.8, 4) is 5.75 Å². The molecule has 0 saturated carbocycles. The highest BCUT2D eigenvalue weighted by Gasteiger charge is 2.34. The molecule has 0 spiro atoms. The Morgan fingerprint density at radius 2 is 1.78 bits per heavy atom. The van der Waals surface area contributed by atoms with Crippen LogP contribution in [0.3, 0.4) is 0 Å². The Labute approximate surface area is 188 Å². The van der Waals surface area contributed by atoms with Crippen molar-refractivity contribution in [3.63, 3.8) is 0 Å². The van der Waals surface area contributed by atoms with E-state index in [0.29, 0.717) is 26.2 Å². The van der Waals surface area contributed by atoms with Crippen LogP contribution in [0, 0.1) is 0 Å². The molecule has 6 heteroatoms. The van der Waals surface area contributed by atoms with Crippen molar-refractivity contribution in [1.29, 1.82) is 0 Å². The van der Waals surface area contributed by atoms with E-state index in [9.17, 15) is 4.79 Å². The predicted molar refractivity (Wildman–Crippen MR) is 125 cm³/mol. The largest absolute Gasteiger partial charge is 0.497 e. The molecule has 0 aliphatic carbocycles. The van der Waals surface area contributed by atoms with Gasteiger partial charge in [0.05, 0.1) is 38.6 Å². The van der Waals surface area contributed by atoms with Crippen LogP contribution in [0.4, 0.5) is 0 Å². The number of hydrogen-bond acceptors (Lipinski definition) is 5. The molecule has 5 rings (SSSR count). The molecule has 164 valence electrons. The minimum atomic E-state index is -0.129. The van der Waals surface area contributed by atoms with Gasteiger partial charge in [0, 0.05) is 19.5 Å². The summed E-state index contributed by atoms with van der Waals surface area (Å²) in [5.41, 5.74) is 3.05. The summed E-state index contributed by atoms with van der Waals surface area (Å²) in [6, 6.07) is 22.5. The van der Waals surface area contributed by atoms with Crippen molar-refractivity contribution in [2.24, 2.45) is 5.10 Å². The maximum absolute atomic E-state index is 13.3. The maximum Gasteiger partial charge on any atom is 0.257 e. The SMILES string of the molecule is COc1ccc(C2CC(c3ccc4ccccc4c3)=NN2C(=O)CN2CCOCC2)cc1. The van der Waals surface area contributed by atoms with E-state index in [2.05, 4.69) is 35.2 Å². The normalized spacial score (nSPS) is 19.2. The molecular formula is C26H27N3O3. The lowest BCUT2D eigenvalue weighted by molar-refractivity contribution is -0.135. The Hall–Kier alpha value is -3.22. The Balaban J connectivity index is 1.45. The van der Waals surface area contributed by atoms with Crippen LogP contribution < -0.4 is 4.74 Å². The van der Waals surface area contributed by atoms with Gasteiger partial charge in [0.15, 0.2) is 0 Å². The quantitative estimate of drug-likeness (QED) is 0.618. The minimum absolute atomic E-state index is 0.0171. The van der Waals surface area contributed by atoms with Crippen LogP contribution in [-0.4, -0.2) is 61.5 Å². The number of hydrazone groups is 1. The number of hydrogen-bond donors (Lipinski definition) is 0. The molecule has 1 unspecified atom stereocenters. The molecule has 1 fully saturated rings. The zero-order valence-corrected chi connectivity index (χ0v) is 18.2. The average molecular weight is 430 g/mol. The average Bonchev–Trinajstić information content (AvgIpc) is 3.30. The molecule has 1 atom stereocenters. The number of fused-ring (bicyclic) bond motifs is 1. The van der Waals surface area contributed by atoms with Crippen LogP contribution in [-0.2, 0) is 9.53 Å². The van der Waals surface area contributed by atoms with Gasteiger partial charge in [0.1, 0.15) is 5.75 Å². The Bertz CT molecular complexity index is 1140. The van der Waals surface area contributed by atoms with Gasteiger partial charge in [0.2, 0.25) is 0 Å². The van der Waals surface area contributed by atoms with Gasteiger partial charge >= 0.3 is 0 Å². The molecule has 2 aliphatic heterocycles. The number of morpholine rings is 1. The number of carbonyl (C=O) groups is 1. The lowest BCUT2D eigenvalue weighted by atomic mass is 9.97. The van der Waals surface area contributed by atoms with Gasteiger partial charge in [-0.25, -0.2) is 5.01 Å². The second kappa shape index (κ2) is 9.10. The third kappa shape index (κ3) is 4.24. The van der Waals surface area contributed by atoms with E-state index in [0.717, 1.165) is 35.7 Å². The number of amides is 1. The first-order chi connectivity index (χ1) is 15.7. The number of rotatable bonds is 5. The van der Waals surface area contributed by atoms with Crippen molar-refractivity contribution in [2.45, 2.75) is 12.5 Å². The van der Waals surface area contributed by atoms with Crippen molar-refractivity contribution >= 4 is 22.4 Å². The zero-order chi connectivity index (χ0) is 21.9. The van der Waals surface area contributed by atoms with Crippen molar-refractivity contribution in [3.05, 3.63) is 77.9 Å². The molecule has 0 N–H and O–H groups in total. The van der Waals surface area contributed by atoms with Crippen LogP contribution in [0.15, 0.2) is 71.8 Å². The fourth-order valence-electron chi connectivity index (χ4n) is 4.39. The van der Waals surface area contributed by atoms with E-state index in [1.807, 2.05) is 36.4 Å². The highest BCUT2D eigenvalue weighted by molar-refractivity contribution is 6.05. The van der Waals surface area contributed by atoms with Crippen LogP contribution in [0.5, 0.6) is 5.75 Å². The molecule has 1 saturated heterocycles. The molecule has 1 amide bonds. The van der Waals surface area contributed by atoms with Gasteiger partial charge < -0.3 is 9.47 Å². The lowest BCUT2D eigenvalue weighted by Gasteiger charge is -2.29. The van der Waals surface area contributed by atoms with Crippen molar-refractivity contribution in [1.82, 2.24) is 9.91 Å². The summed E-state index contributed by atoms with van der Waals surface area (Å²) in [6.07, 6.45) is 0.680. The van der Waals surface area contributed by atoms with Crippen LogP contribution in [0.1, 0.15) is 23.6 Å². The molecule has 32 heavy (non-hydrogen) atoms. The minimum Gasteiger partial charge on any atom is -0.497 e. The number of nitrogens with zero attached hydrogens (tertiary/aromatic N) is 3. The summed E-state index contributed by atoms with van der Waals surface area (Å²) in [4.78, 5) is 15.5. The number of benzene rings is 3. The van der Waals surface area contributed by atoms with E-state index in [-0.39, 0.29) is 11.9 Å². The van der Waals surface area contributed by atoms with E-state index < -0.39 is 0 Å². The molecule has 3 aromatic rings. The molecular weight excluding hydrogens is 402 g/mol. The Kier molecular flexibility index (Phi) is 5.88. The van der Waals surface area contributed by atoms with E-state index in [1.165, 1.54) is 10.8 Å². The predicted octanol–water partition coefficient (Wildman–Crippen LogP) is 3.86. The van der Waals surface area contributed by atoms with Gasteiger partial charge in [-0.05, 0) is 40.1 Å². The van der Waals surface area contributed by atoms with Gasteiger partial charge in [-0.3, -0.25) is 9.69 Å². The third-order valence-electron chi connectivity index (χ3n) is 6.21. The monoisotopic (exact) mass is 429 g/mol. The molecule has 0 bridgehead atoms. The lowest BCUT2D eigenvalue weighted by Crippen LogP contribution is -2.43. The first kappa shape index (κ1) is 20.7. The van der Waals surface area contributed by atoms with Crippen LogP contribution in [0.25, 0.3) is 10.8 Å². The van der Waals surface area contributed by atoms with Crippen molar-refractivity contribution < 1.29 is 14.3 Å². The number of carbonyl (C=O) groups excluding carboxylic acids is 1. The van der Waals surface area contributed by atoms with Crippen molar-refractivity contribution in [2.75, 3.05) is 40.0 Å². The second-order valence-corrected chi connectivity index (χ2v) is 8.23. The van der Waals surface area contributed by atoms with Gasteiger partial charge in [-0.15, -0.1) is 0 Å². The highest BCUT2D eigenvalue weighted by Crippen LogP contribution is 2.34. The summed E-state index contributed by atoms with van der Waals surface area (Å²) >= 11 is 0.